The summed E-state index contributed by atoms with van der Waals surface area (Å²) in [6, 6.07) is 10.7. The van der Waals surface area contributed by atoms with Gasteiger partial charge in [-0.1, -0.05) is 32.0 Å². The van der Waals surface area contributed by atoms with Crippen molar-refractivity contribution in [3.63, 3.8) is 0 Å². The highest BCUT2D eigenvalue weighted by Gasteiger charge is 2.22. The Balaban J connectivity index is 0.00000312. The minimum absolute atomic E-state index is 0. The number of para-hydroxylation sites is 1. The summed E-state index contributed by atoms with van der Waals surface area (Å²) >= 11 is 0. The second kappa shape index (κ2) is 12.4. The zero-order valence-electron chi connectivity index (χ0n) is 16.0. The third-order valence-electron chi connectivity index (χ3n) is 4.51. The second-order valence-corrected chi connectivity index (χ2v) is 7.12. The molecule has 1 aromatic carbocycles. The van der Waals surface area contributed by atoms with Crippen molar-refractivity contribution in [1.29, 1.82) is 0 Å². The van der Waals surface area contributed by atoms with E-state index in [0.717, 1.165) is 44.6 Å². The first-order valence-corrected chi connectivity index (χ1v) is 9.51. The average molecular weight is 458 g/mol. The van der Waals surface area contributed by atoms with Gasteiger partial charge in [-0.15, -0.1) is 24.0 Å². The summed E-state index contributed by atoms with van der Waals surface area (Å²) in [4.78, 5) is 7.28. The normalized spacial score (nSPS) is 17.5. The van der Waals surface area contributed by atoms with E-state index in [0.29, 0.717) is 5.92 Å². The van der Waals surface area contributed by atoms with Crippen molar-refractivity contribution < 1.29 is 0 Å². The van der Waals surface area contributed by atoms with Crippen molar-refractivity contribution in [2.45, 2.75) is 40.0 Å². The van der Waals surface area contributed by atoms with E-state index in [-0.39, 0.29) is 24.0 Å². The summed E-state index contributed by atoms with van der Waals surface area (Å²) in [5.74, 6) is 2.39. The van der Waals surface area contributed by atoms with Crippen LogP contribution in [0.2, 0.25) is 0 Å². The Morgan fingerprint density at radius 1 is 1.24 bits per heavy atom. The van der Waals surface area contributed by atoms with Crippen molar-refractivity contribution in [1.82, 2.24) is 10.6 Å². The number of halogens is 1. The van der Waals surface area contributed by atoms with Crippen LogP contribution in [0.4, 0.5) is 5.69 Å². The van der Waals surface area contributed by atoms with E-state index < -0.39 is 0 Å². The Morgan fingerprint density at radius 2 is 2.00 bits per heavy atom. The molecule has 0 amide bonds. The second-order valence-electron chi connectivity index (χ2n) is 7.12. The van der Waals surface area contributed by atoms with Crippen molar-refractivity contribution in [2.75, 3.05) is 37.6 Å². The molecule has 2 N–H and O–H groups in total. The quantitative estimate of drug-likeness (QED) is 0.267. The molecule has 1 aromatic rings. The van der Waals surface area contributed by atoms with Crippen LogP contribution in [0.15, 0.2) is 35.3 Å². The van der Waals surface area contributed by atoms with Gasteiger partial charge >= 0.3 is 0 Å². The molecule has 1 heterocycles. The SMILES string of the molecule is CCNC(=NCC1CCN(c2ccccc2)C1)NCCCC(C)C.I. The standard InChI is InChI=1S/C20H34N4.HI/c1-4-21-20(22-13-8-9-17(2)3)23-15-18-12-14-24(16-18)19-10-6-5-7-11-19;/h5-7,10-11,17-18H,4,8-9,12-16H2,1-3H3,(H2,21,22,23);1H. The lowest BCUT2D eigenvalue weighted by Gasteiger charge is -2.18. The van der Waals surface area contributed by atoms with Crippen molar-refractivity contribution in [3.8, 4) is 0 Å². The van der Waals surface area contributed by atoms with Gasteiger partial charge in [0.05, 0.1) is 0 Å². The minimum atomic E-state index is 0. The van der Waals surface area contributed by atoms with Crippen LogP contribution in [-0.4, -0.2) is 38.7 Å². The lowest BCUT2D eigenvalue weighted by atomic mass is 10.1. The molecule has 2 rings (SSSR count). The Hall–Kier alpha value is -0.980. The van der Waals surface area contributed by atoms with Crippen LogP contribution in [0.5, 0.6) is 0 Å². The Kier molecular flexibility index (Phi) is 10.9. The number of anilines is 1. The number of rotatable bonds is 8. The predicted molar refractivity (Wildman–Crippen MR) is 120 cm³/mol. The van der Waals surface area contributed by atoms with Gasteiger partial charge in [0.15, 0.2) is 5.96 Å². The van der Waals surface area contributed by atoms with E-state index in [1.807, 2.05) is 0 Å². The molecule has 5 heteroatoms. The van der Waals surface area contributed by atoms with Crippen LogP contribution in [-0.2, 0) is 0 Å². The molecule has 1 aliphatic rings. The molecule has 25 heavy (non-hydrogen) atoms. The van der Waals surface area contributed by atoms with Gasteiger partial charge in [0.25, 0.3) is 0 Å². The fraction of sp³-hybridized carbons (Fsp3) is 0.650. The minimum Gasteiger partial charge on any atom is -0.371 e. The maximum Gasteiger partial charge on any atom is 0.191 e. The number of hydrogen-bond acceptors (Lipinski definition) is 2. The first-order chi connectivity index (χ1) is 11.7. The van der Waals surface area contributed by atoms with Gasteiger partial charge in [0, 0.05) is 38.4 Å². The van der Waals surface area contributed by atoms with Gasteiger partial charge in [0.2, 0.25) is 0 Å². The molecule has 1 fully saturated rings. The molecule has 142 valence electrons. The topological polar surface area (TPSA) is 39.7 Å². The molecule has 0 spiro atoms. The van der Waals surface area contributed by atoms with Gasteiger partial charge in [0.1, 0.15) is 0 Å². The first-order valence-electron chi connectivity index (χ1n) is 9.51. The fourth-order valence-electron chi connectivity index (χ4n) is 3.13. The van der Waals surface area contributed by atoms with Crippen LogP contribution in [0.25, 0.3) is 0 Å². The lowest BCUT2D eigenvalue weighted by Crippen LogP contribution is -2.38. The van der Waals surface area contributed by atoms with Gasteiger partial charge in [-0.3, -0.25) is 4.99 Å². The van der Waals surface area contributed by atoms with E-state index in [1.54, 1.807) is 0 Å². The molecule has 4 nitrogen and oxygen atoms in total. The highest BCUT2D eigenvalue weighted by atomic mass is 127. The summed E-state index contributed by atoms with van der Waals surface area (Å²) in [7, 11) is 0. The molecule has 0 aromatic heterocycles. The van der Waals surface area contributed by atoms with Crippen LogP contribution in [0.3, 0.4) is 0 Å². The van der Waals surface area contributed by atoms with E-state index in [9.17, 15) is 0 Å². The number of aliphatic imine (C=N–C) groups is 1. The van der Waals surface area contributed by atoms with E-state index in [2.05, 4.69) is 66.6 Å². The average Bonchev–Trinajstić information content (AvgIpc) is 3.06. The summed E-state index contributed by atoms with van der Waals surface area (Å²) in [6.07, 6.45) is 3.69. The molecule has 0 saturated carbocycles. The van der Waals surface area contributed by atoms with Crippen molar-refractivity contribution >= 4 is 35.6 Å². The number of benzene rings is 1. The Labute approximate surface area is 170 Å². The summed E-state index contributed by atoms with van der Waals surface area (Å²) in [5.41, 5.74) is 1.34. The molecule has 0 radical (unpaired) electrons. The largest absolute Gasteiger partial charge is 0.371 e. The van der Waals surface area contributed by atoms with E-state index in [1.165, 1.54) is 24.9 Å². The number of nitrogens with zero attached hydrogens (tertiary/aromatic N) is 2. The molecule has 1 atom stereocenters. The number of hydrogen-bond donors (Lipinski definition) is 2. The zero-order chi connectivity index (χ0) is 17.2. The predicted octanol–water partition coefficient (Wildman–Crippen LogP) is 4.12. The molecular formula is C20H35IN4. The third kappa shape index (κ3) is 8.29. The summed E-state index contributed by atoms with van der Waals surface area (Å²) in [5, 5.41) is 6.83. The number of nitrogens with one attached hydrogen (secondary N) is 2. The smallest absolute Gasteiger partial charge is 0.191 e. The maximum absolute atomic E-state index is 4.81. The Bertz CT molecular complexity index is 490. The van der Waals surface area contributed by atoms with E-state index in [4.69, 9.17) is 4.99 Å². The van der Waals surface area contributed by atoms with E-state index >= 15 is 0 Å². The lowest BCUT2D eigenvalue weighted by molar-refractivity contribution is 0.548. The summed E-state index contributed by atoms with van der Waals surface area (Å²) < 4.78 is 0. The fourth-order valence-corrected chi connectivity index (χ4v) is 3.13. The monoisotopic (exact) mass is 458 g/mol. The molecule has 1 saturated heterocycles. The summed E-state index contributed by atoms with van der Waals surface area (Å²) in [6.45, 7) is 11.8. The maximum atomic E-state index is 4.81. The molecule has 1 aliphatic heterocycles. The van der Waals surface area contributed by atoms with Crippen LogP contribution in [0.1, 0.15) is 40.0 Å². The first kappa shape index (κ1) is 22.1. The highest BCUT2D eigenvalue weighted by Crippen LogP contribution is 2.23. The Morgan fingerprint density at radius 3 is 2.68 bits per heavy atom. The van der Waals surface area contributed by atoms with Crippen LogP contribution in [0, 0.1) is 11.8 Å². The highest BCUT2D eigenvalue weighted by molar-refractivity contribution is 14.0. The van der Waals surface area contributed by atoms with Gasteiger partial charge in [-0.25, -0.2) is 0 Å². The van der Waals surface area contributed by atoms with Crippen LogP contribution < -0.4 is 15.5 Å². The van der Waals surface area contributed by atoms with Gasteiger partial charge < -0.3 is 15.5 Å². The zero-order valence-corrected chi connectivity index (χ0v) is 18.3. The van der Waals surface area contributed by atoms with Crippen molar-refractivity contribution in [3.05, 3.63) is 30.3 Å². The van der Waals surface area contributed by atoms with Crippen LogP contribution >= 0.6 is 24.0 Å². The van der Waals surface area contributed by atoms with Gasteiger partial charge in [-0.05, 0) is 50.2 Å². The van der Waals surface area contributed by atoms with Crippen molar-refractivity contribution in [2.24, 2.45) is 16.8 Å². The molecular weight excluding hydrogens is 423 g/mol. The van der Waals surface area contributed by atoms with Gasteiger partial charge in [-0.2, -0.15) is 0 Å². The molecule has 0 bridgehead atoms. The third-order valence-corrected chi connectivity index (χ3v) is 4.51. The number of guanidine groups is 1. The molecule has 0 aliphatic carbocycles. The molecule has 1 unspecified atom stereocenters.